The summed E-state index contributed by atoms with van der Waals surface area (Å²) in [5.41, 5.74) is -0.870. The molecule has 1 N–H and O–H groups in total. The van der Waals surface area contributed by atoms with Crippen molar-refractivity contribution in [3.8, 4) is 0 Å². The molecule has 0 spiro atoms. The van der Waals surface area contributed by atoms with Crippen LogP contribution in [-0.2, 0) is 19.1 Å². The Kier molecular flexibility index (Phi) is 2.95. The van der Waals surface area contributed by atoms with Gasteiger partial charge in [0.15, 0.2) is 0 Å². The van der Waals surface area contributed by atoms with Crippen LogP contribution in [0.1, 0.15) is 20.8 Å². The minimum atomic E-state index is -1.77. The van der Waals surface area contributed by atoms with Gasteiger partial charge >= 0.3 is 17.9 Å². The molecular formula is C7H10O5. The van der Waals surface area contributed by atoms with Crippen molar-refractivity contribution in [2.45, 2.75) is 20.8 Å². The Labute approximate surface area is 69.3 Å². The monoisotopic (exact) mass is 174 g/mol. The molecule has 0 unspecified atom stereocenters. The maximum Gasteiger partial charge on any atom is 0.424 e. The molecule has 0 rings (SSSR count). The highest BCUT2D eigenvalue weighted by Gasteiger charge is 2.28. The van der Waals surface area contributed by atoms with Crippen molar-refractivity contribution in [1.82, 2.24) is 0 Å². The van der Waals surface area contributed by atoms with Gasteiger partial charge in [-0.3, -0.25) is 4.79 Å². The van der Waals surface area contributed by atoms with E-state index in [0.29, 0.717) is 0 Å². The van der Waals surface area contributed by atoms with E-state index in [1.165, 1.54) is 20.8 Å². The van der Waals surface area contributed by atoms with Crippen LogP contribution in [0.2, 0.25) is 0 Å². The molecule has 5 nitrogen and oxygen atoms in total. The molecule has 0 aliphatic rings. The lowest BCUT2D eigenvalue weighted by Gasteiger charge is -2.13. The van der Waals surface area contributed by atoms with Crippen LogP contribution in [0.5, 0.6) is 0 Å². The lowest BCUT2D eigenvalue weighted by atomic mass is 9.97. The minimum Gasteiger partial charge on any atom is -0.473 e. The van der Waals surface area contributed by atoms with Crippen LogP contribution < -0.4 is 0 Å². The van der Waals surface area contributed by atoms with E-state index in [1.54, 1.807) is 0 Å². The summed E-state index contributed by atoms with van der Waals surface area (Å²) in [6.07, 6.45) is 0. The number of esters is 2. The highest BCUT2D eigenvalue weighted by molar-refractivity contribution is 6.30. The second-order valence-electron chi connectivity index (χ2n) is 3.23. The molecule has 0 fully saturated rings. The Morgan fingerprint density at radius 1 is 1.17 bits per heavy atom. The van der Waals surface area contributed by atoms with Crippen LogP contribution in [-0.4, -0.2) is 23.0 Å². The van der Waals surface area contributed by atoms with Crippen LogP contribution in [0.15, 0.2) is 0 Å². The van der Waals surface area contributed by atoms with Crippen molar-refractivity contribution in [2.75, 3.05) is 0 Å². The predicted molar refractivity (Wildman–Crippen MR) is 38.2 cm³/mol. The zero-order valence-corrected chi connectivity index (χ0v) is 7.08. The average molecular weight is 174 g/mol. The number of aliphatic carboxylic acids is 1. The predicted octanol–water partition coefficient (Wildman–Crippen LogP) is 0.187. The molecule has 0 atom stereocenters. The van der Waals surface area contributed by atoms with E-state index in [9.17, 15) is 14.4 Å². The molecule has 0 aliphatic carbocycles. The highest BCUT2D eigenvalue weighted by atomic mass is 16.6. The van der Waals surface area contributed by atoms with Crippen molar-refractivity contribution in [1.29, 1.82) is 0 Å². The third-order valence-electron chi connectivity index (χ3n) is 0.972. The lowest BCUT2D eigenvalue weighted by Crippen LogP contribution is -2.29. The topological polar surface area (TPSA) is 80.7 Å². The summed E-state index contributed by atoms with van der Waals surface area (Å²) < 4.78 is 4.00. The first-order valence-corrected chi connectivity index (χ1v) is 3.24. The van der Waals surface area contributed by atoms with Crippen molar-refractivity contribution in [3.63, 3.8) is 0 Å². The second-order valence-corrected chi connectivity index (χ2v) is 3.23. The molecule has 5 heteroatoms. The highest BCUT2D eigenvalue weighted by Crippen LogP contribution is 2.14. The van der Waals surface area contributed by atoms with Gasteiger partial charge in [0.2, 0.25) is 0 Å². The van der Waals surface area contributed by atoms with Gasteiger partial charge in [0.25, 0.3) is 0 Å². The SMILES string of the molecule is CC(C)(C)C(=O)OC(=O)C(=O)O. The molecule has 0 bridgehead atoms. The van der Waals surface area contributed by atoms with Crippen LogP contribution in [0.3, 0.4) is 0 Å². The van der Waals surface area contributed by atoms with E-state index in [0.717, 1.165) is 0 Å². The van der Waals surface area contributed by atoms with Gasteiger partial charge in [0.1, 0.15) is 0 Å². The number of carboxylic acid groups (broad SMARTS) is 1. The summed E-state index contributed by atoms with van der Waals surface area (Å²) in [7, 11) is 0. The van der Waals surface area contributed by atoms with Crippen molar-refractivity contribution >= 4 is 17.9 Å². The minimum absolute atomic E-state index is 0.852. The molecule has 0 aromatic heterocycles. The molecule has 0 heterocycles. The first kappa shape index (κ1) is 10.6. The van der Waals surface area contributed by atoms with Gasteiger partial charge in [0, 0.05) is 0 Å². The van der Waals surface area contributed by atoms with Gasteiger partial charge in [-0.05, 0) is 20.8 Å². The summed E-state index contributed by atoms with van der Waals surface area (Å²) in [4.78, 5) is 31.2. The Bertz CT molecular complexity index is 222. The van der Waals surface area contributed by atoms with Crippen molar-refractivity contribution in [2.24, 2.45) is 5.41 Å². The molecule has 0 radical (unpaired) electrons. The lowest BCUT2D eigenvalue weighted by molar-refractivity contribution is -0.174. The van der Waals surface area contributed by atoms with Crippen molar-refractivity contribution < 1.29 is 24.2 Å². The zero-order chi connectivity index (χ0) is 9.94. The molecule has 68 valence electrons. The second kappa shape index (κ2) is 3.34. The Morgan fingerprint density at radius 3 is 1.83 bits per heavy atom. The van der Waals surface area contributed by atoms with Gasteiger partial charge in [-0.1, -0.05) is 0 Å². The van der Waals surface area contributed by atoms with E-state index in [1.807, 2.05) is 0 Å². The van der Waals surface area contributed by atoms with E-state index in [2.05, 4.69) is 4.74 Å². The molecule has 0 amide bonds. The van der Waals surface area contributed by atoms with Crippen molar-refractivity contribution in [3.05, 3.63) is 0 Å². The summed E-state index contributed by atoms with van der Waals surface area (Å²) in [5, 5.41) is 8.07. The van der Waals surface area contributed by atoms with Gasteiger partial charge in [-0.2, -0.15) is 0 Å². The number of carboxylic acids is 1. The van der Waals surface area contributed by atoms with Gasteiger partial charge in [-0.15, -0.1) is 0 Å². The fraction of sp³-hybridized carbons (Fsp3) is 0.571. The number of rotatable bonds is 0. The van der Waals surface area contributed by atoms with Crippen LogP contribution in [0.25, 0.3) is 0 Å². The Hall–Kier alpha value is -1.39. The zero-order valence-electron chi connectivity index (χ0n) is 7.08. The van der Waals surface area contributed by atoms with Gasteiger partial charge < -0.3 is 9.84 Å². The maximum absolute atomic E-state index is 10.9. The van der Waals surface area contributed by atoms with Crippen LogP contribution in [0, 0.1) is 5.41 Å². The molecule has 0 aromatic carbocycles. The van der Waals surface area contributed by atoms with Gasteiger partial charge in [-0.25, -0.2) is 9.59 Å². The average Bonchev–Trinajstić information content (AvgIpc) is 1.85. The van der Waals surface area contributed by atoms with Gasteiger partial charge in [0.05, 0.1) is 5.41 Å². The molecule has 0 aromatic rings. The third kappa shape index (κ3) is 3.14. The number of carbonyl (C=O) groups excluding carboxylic acids is 2. The number of ether oxygens (including phenoxy) is 1. The standard InChI is InChI=1S/C7H10O5/c1-7(2,3)6(11)12-5(10)4(8)9/h1-3H3,(H,8,9). The fourth-order valence-corrected chi connectivity index (χ4v) is 0.281. The smallest absolute Gasteiger partial charge is 0.424 e. The normalized spacial score (nSPS) is 10.6. The summed E-state index contributed by atoms with van der Waals surface area (Å²) in [6, 6.07) is 0. The Balaban J connectivity index is 4.21. The molecule has 0 saturated heterocycles. The van der Waals surface area contributed by atoms with E-state index in [4.69, 9.17) is 5.11 Å². The molecule has 12 heavy (non-hydrogen) atoms. The van der Waals surface area contributed by atoms with E-state index < -0.39 is 23.3 Å². The number of hydrogen-bond acceptors (Lipinski definition) is 4. The van der Waals surface area contributed by atoms with Crippen LogP contribution in [0.4, 0.5) is 0 Å². The molecule has 0 aliphatic heterocycles. The van der Waals surface area contributed by atoms with E-state index in [-0.39, 0.29) is 0 Å². The Morgan fingerprint density at radius 2 is 1.58 bits per heavy atom. The fourth-order valence-electron chi connectivity index (χ4n) is 0.281. The number of hydrogen-bond donors (Lipinski definition) is 1. The quantitative estimate of drug-likeness (QED) is 0.322. The first-order valence-electron chi connectivity index (χ1n) is 3.24. The molecule has 0 saturated carbocycles. The first-order chi connectivity index (χ1) is 5.25. The summed E-state index contributed by atoms with van der Waals surface area (Å²) in [5.74, 6) is -4.17. The number of carbonyl (C=O) groups is 3. The third-order valence-corrected chi connectivity index (χ3v) is 0.972. The van der Waals surface area contributed by atoms with Crippen LogP contribution >= 0.6 is 0 Å². The maximum atomic E-state index is 10.9. The van der Waals surface area contributed by atoms with E-state index >= 15 is 0 Å². The largest absolute Gasteiger partial charge is 0.473 e. The summed E-state index contributed by atoms with van der Waals surface area (Å²) >= 11 is 0. The summed E-state index contributed by atoms with van der Waals surface area (Å²) in [6.45, 7) is 4.55. The molecular weight excluding hydrogens is 164 g/mol.